The molecule has 0 aromatic heterocycles. The maximum absolute atomic E-state index is 9.16. The van der Waals surface area contributed by atoms with E-state index in [1.165, 1.54) is 0 Å². The molecule has 0 aromatic carbocycles. The van der Waals surface area contributed by atoms with Gasteiger partial charge >= 0.3 is 0 Å². The highest BCUT2D eigenvalue weighted by Gasteiger charge is 2.39. The summed E-state index contributed by atoms with van der Waals surface area (Å²) in [6.45, 7) is 2.66. The number of nitrogens with zero attached hydrogens (tertiary/aromatic N) is 1. The monoisotopic (exact) mass is 215 g/mol. The van der Waals surface area contributed by atoms with E-state index in [0.29, 0.717) is 13.0 Å². The van der Waals surface area contributed by atoms with Crippen LogP contribution in [0.15, 0.2) is 0 Å². The Kier molecular flexibility index (Phi) is 4.73. The molecule has 0 aromatic rings. The van der Waals surface area contributed by atoms with Crippen molar-refractivity contribution < 1.29 is 9.84 Å². The van der Waals surface area contributed by atoms with Crippen LogP contribution in [0.3, 0.4) is 0 Å². The Hall–Kier alpha value is -0.240. The highest BCUT2D eigenvalue weighted by molar-refractivity contribution is 8.00. The van der Waals surface area contributed by atoms with Crippen molar-refractivity contribution in [3.8, 4) is 6.07 Å². The van der Waals surface area contributed by atoms with Gasteiger partial charge in [0.25, 0.3) is 0 Å². The first-order valence-electron chi connectivity index (χ1n) is 5.03. The topological polar surface area (TPSA) is 53.2 Å². The molecule has 4 heteroatoms. The van der Waals surface area contributed by atoms with E-state index in [2.05, 4.69) is 6.07 Å². The van der Waals surface area contributed by atoms with Gasteiger partial charge in [0.05, 0.1) is 12.7 Å². The van der Waals surface area contributed by atoms with Crippen LogP contribution in [-0.4, -0.2) is 34.9 Å². The number of ether oxygens (including phenoxy) is 1. The van der Waals surface area contributed by atoms with Crippen molar-refractivity contribution in [3.63, 3.8) is 0 Å². The zero-order valence-corrected chi connectivity index (χ0v) is 9.35. The van der Waals surface area contributed by atoms with E-state index >= 15 is 0 Å². The first kappa shape index (κ1) is 11.8. The third-order valence-corrected chi connectivity index (χ3v) is 3.97. The Morgan fingerprint density at radius 1 is 1.71 bits per heavy atom. The Bertz CT molecular complexity index is 217. The van der Waals surface area contributed by atoms with Crippen LogP contribution in [0.5, 0.6) is 0 Å². The number of aliphatic hydroxyl groups excluding tert-OH is 1. The molecule has 3 nitrogen and oxygen atoms in total. The zero-order chi connectivity index (χ0) is 10.4. The van der Waals surface area contributed by atoms with E-state index in [9.17, 15) is 0 Å². The Labute approximate surface area is 89.4 Å². The molecule has 2 unspecified atom stereocenters. The molecule has 0 spiro atoms. The first-order valence-corrected chi connectivity index (χ1v) is 6.08. The first-order chi connectivity index (χ1) is 6.75. The maximum Gasteiger partial charge on any atom is 0.165 e. The van der Waals surface area contributed by atoms with E-state index in [4.69, 9.17) is 15.1 Å². The highest BCUT2D eigenvalue weighted by Crippen LogP contribution is 2.36. The number of thioether (sulfide) groups is 1. The molecule has 2 atom stereocenters. The second-order valence-electron chi connectivity index (χ2n) is 3.54. The second kappa shape index (κ2) is 5.59. The van der Waals surface area contributed by atoms with Gasteiger partial charge in [0.15, 0.2) is 5.60 Å². The normalized spacial score (nSPS) is 32.5. The molecule has 0 bridgehead atoms. The van der Waals surface area contributed by atoms with Crippen LogP contribution in [0.1, 0.15) is 26.2 Å². The van der Waals surface area contributed by atoms with Gasteiger partial charge in [0.1, 0.15) is 0 Å². The summed E-state index contributed by atoms with van der Waals surface area (Å²) in [5.41, 5.74) is -0.613. The lowest BCUT2D eigenvalue weighted by Crippen LogP contribution is -2.43. The minimum atomic E-state index is -0.613. The lowest BCUT2D eigenvalue weighted by atomic mass is 9.95. The van der Waals surface area contributed by atoms with Crippen LogP contribution in [0.25, 0.3) is 0 Å². The molecule has 0 radical (unpaired) electrons. The third kappa shape index (κ3) is 2.63. The molecule has 0 saturated carbocycles. The van der Waals surface area contributed by atoms with Crippen LogP contribution >= 0.6 is 11.8 Å². The summed E-state index contributed by atoms with van der Waals surface area (Å²) in [7, 11) is 0. The van der Waals surface area contributed by atoms with Crippen molar-refractivity contribution in [2.24, 2.45) is 0 Å². The average molecular weight is 215 g/mol. The minimum absolute atomic E-state index is 0.128. The number of aliphatic hydroxyl groups is 1. The summed E-state index contributed by atoms with van der Waals surface area (Å²) in [6, 6.07) is 2.30. The molecule has 1 aliphatic heterocycles. The Morgan fingerprint density at radius 2 is 2.50 bits per heavy atom. The summed E-state index contributed by atoms with van der Waals surface area (Å²) in [5.74, 6) is 1.12. The molecule has 80 valence electrons. The molecule has 0 amide bonds. The highest BCUT2D eigenvalue weighted by atomic mass is 32.2. The van der Waals surface area contributed by atoms with Crippen molar-refractivity contribution in [3.05, 3.63) is 0 Å². The summed E-state index contributed by atoms with van der Waals surface area (Å²) in [4.78, 5) is 0. The predicted molar refractivity (Wildman–Crippen MR) is 57.2 cm³/mol. The van der Waals surface area contributed by atoms with Gasteiger partial charge in [-0.05, 0) is 31.9 Å². The van der Waals surface area contributed by atoms with E-state index in [0.717, 1.165) is 18.6 Å². The summed E-state index contributed by atoms with van der Waals surface area (Å²) in [5, 5.41) is 18.0. The largest absolute Gasteiger partial charge is 0.396 e. The van der Waals surface area contributed by atoms with Crippen molar-refractivity contribution >= 4 is 11.8 Å². The fourth-order valence-electron chi connectivity index (χ4n) is 1.62. The fraction of sp³-hybridized carbons (Fsp3) is 0.900. The van der Waals surface area contributed by atoms with Gasteiger partial charge in [0, 0.05) is 11.9 Å². The van der Waals surface area contributed by atoms with Gasteiger partial charge in [0.2, 0.25) is 0 Å². The molecule has 14 heavy (non-hydrogen) atoms. The van der Waals surface area contributed by atoms with Crippen LogP contribution in [0.2, 0.25) is 0 Å². The molecule has 1 fully saturated rings. The molecule has 1 aliphatic rings. The number of hydrogen-bond acceptors (Lipinski definition) is 4. The van der Waals surface area contributed by atoms with E-state index in [1.807, 2.05) is 6.92 Å². The van der Waals surface area contributed by atoms with Gasteiger partial charge in [-0.2, -0.15) is 17.0 Å². The fourth-order valence-corrected chi connectivity index (χ4v) is 2.79. The average Bonchev–Trinajstić information content (AvgIpc) is 2.21. The quantitative estimate of drug-likeness (QED) is 0.723. The Balaban J connectivity index is 2.51. The van der Waals surface area contributed by atoms with E-state index < -0.39 is 5.60 Å². The molecule has 1 heterocycles. The van der Waals surface area contributed by atoms with Crippen molar-refractivity contribution in [2.45, 2.75) is 37.0 Å². The van der Waals surface area contributed by atoms with Gasteiger partial charge in [-0.3, -0.25) is 0 Å². The molecule has 1 N–H and O–H groups in total. The standard InChI is InChI=1S/C10H17NO2S/c1-9-10(8-11,4-2-7-14-9)13-6-3-5-12/h9,12H,2-7H2,1H3. The van der Waals surface area contributed by atoms with Crippen LogP contribution in [-0.2, 0) is 4.74 Å². The number of hydrogen-bond donors (Lipinski definition) is 1. The molecule has 0 aliphatic carbocycles. The molecular weight excluding hydrogens is 198 g/mol. The predicted octanol–water partition coefficient (Wildman–Crippen LogP) is 1.56. The van der Waals surface area contributed by atoms with Crippen LogP contribution in [0.4, 0.5) is 0 Å². The molecule has 1 rings (SSSR count). The van der Waals surface area contributed by atoms with Crippen molar-refractivity contribution in [2.75, 3.05) is 19.0 Å². The molecular formula is C10H17NO2S. The van der Waals surface area contributed by atoms with Crippen molar-refractivity contribution in [1.29, 1.82) is 5.26 Å². The second-order valence-corrected chi connectivity index (χ2v) is 4.99. The van der Waals surface area contributed by atoms with Crippen LogP contribution in [0, 0.1) is 11.3 Å². The maximum atomic E-state index is 9.16. The lowest BCUT2D eigenvalue weighted by molar-refractivity contribution is -0.0151. The SMILES string of the molecule is CC1SCCCC1(C#N)OCCCO. The van der Waals surface area contributed by atoms with Crippen molar-refractivity contribution in [1.82, 2.24) is 0 Å². The van der Waals surface area contributed by atoms with Gasteiger partial charge in [-0.15, -0.1) is 0 Å². The van der Waals surface area contributed by atoms with Crippen LogP contribution < -0.4 is 0 Å². The summed E-state index contributed by atoms with van der Waals surface area (Å²) in [6.07, 6.45) is 2.48. The number of nitriles is 1. The zero-order valence-electron chi connectivity index (χ0n) is 8.53. The minimum Gasteiger partial charge on any atom is -0.396 e. The van der Waals surface area contributed by atoms with E-state index in [-0.39, 0.29) is 11.9 Å². The van der Waals surface area contributed by atoms with Gasteiger partial charge < -0.3 is 9.84 Å². The lowest BCUT2D eigenvalue weighted by Gasteiger charge is -2.36. The molecule has 1 saturated heterocycles. The van der Waals surface area contributed by atoms with Gasteiger partial charge in [-0.1, -0.05) is 0 Å². The summed E-state index contributed by atoms with van der Waals surface area (Å²) >= 11 is 1.80. The number of rotatable bonds is 4. The smallest absolute Gasteiger partial charge is 0.165 e. The third-order valence-electron chi connectivity index (χ3n) is 2.57. The van der Waals surface area contributed by atoms with E-state index in [1.54, 1.807) is 11.8 Å². The van der Waals surface area contributed by atoms with Gasteiger partial charge in [-0.25, -0.2) is 0 Å². The summed E-state index contributed by atoms with van der Waals surface area (Å²) < 4.78 is 5.63. The Morgan fingerprint density at radius 3 is 3.07 bits per heavy atom.